The highest BCUT2D eigenvalue weighted by atomic mass is 32.1. The van der Waals surface area contributed by atoms with Gasteiger partial charge in [0.05, 0.1) is 0 Å². The minimum absolute atomic E-state index is 0.0492. The highest BCUT2D eigenvalue weighted by Gasteiger charge is 2.08. The van der Waals surface area contributed by atoms with E-state index < -0.39 is 11.8 Å². The van der Waals surface area contributed by atoms with Crippen molar-refractivity contribution in [2.24, 2.45) is 0 Å². The zero-order chi connectivity index (χ0) is 21.3. The van der Waals surface area contributed by atoms with Crippen molar-refractivity contribution in [3.05, 3.63) is 72.3 Å². The van der Waals surface area contributed by atoms with E-state index in [1.54, 1.807) is 12.1 Å². The maximum atomic E-state index is 11.9. The first kappa shape index (κ1) is 21.1. The number of hydrogen-bond acceptors (Lipinski definition) is 5. The van der Waals surface area contributed by atoms with Crippen molar-refractivity contribution >= 4 is 39.9 Å². The van der Waals surface area contributed by atoms with Crippen LogP contribution in [0, 0.1) is 6.92 Å². The van der Waals surface area contributed by atoms with Gasteiger partial charge in [-0.2, -0.15) is 0 Å². The molecule has 8 heteroatoms. The smallest absolute Gasteiger partial charge is 0.276 e. The third-order valence-electron chi connectivity index (χ3n) is 4.02. The van der Waals surface area contributed by atoms with Crippen LogP contribution in [0.4, 0.5) is 0 Å². The molecule has 3 rings (SSSR count). The normalized spacial score (nSPS) is 10.2. The van der Waals surface area contributed by atoms with Crippen molar-refractivity contribution in [1.29, 1.82) is 0 Å². The van der Waals surface area contributed by atoms with Crippen LogP contribution in [0.25, 0.3) is 10.8 Å². The topological polar surface area (TPSA) is 88.7 Å². The largest absolute Gasteiger partial charge is 0.484 e. The van der Waals surface area contributed by atoms with Crippen molar-refractivity contribution in [3.63, 3.8) is 0 Å². The summed E-state index contributed by atoms with van der Waals surface area (Å²) in [6.45, 7) is 1.51. The average molecular weight is 423 g/mol. The number of ether oxygens (including phenoxy) is 2. The number of aryl methyl sites for hydroxylation is 1. The summed E-state index contributed by atoms with van der Waals surface area (Å²) in [5.41, 5.74) is 5.84. The standard InChI is InChI=1S/C22H21N3O4S/c1-15-5-4-8-18(11-15)28-13-20(26)23-22(30)25-24-21(27)14-29-19-10-9-16-6-2-3-7-17(16)12-19/h2-12H,13-14H2,1H3,(H,24,27)(H2,23,25,26,30). The molecule has 0 saturated heterocycles. The lowest BCUT2D eigenvalue weighted by Crippen LogP contribution is -2.50. The first-order valence-electron chi connectivity index (χ1n) is 9.19. The highest BCUT2D eigenvalue weighted by molar-refractivity contribution is 7.80. The number of benzene rings is 3. The van der Waals surface area contributed by atoms with E-state index in [1.165, 1.54) is 0 Å². The van der Waals surface area contributed by atoms with Crippen LogP contribution in [-0.2, 0) is 9.59 Å². The minimum Gasteiger partial charge on any atom is -0.484 e. The zero-order valence-electron chi connectivity index (χ0n) is 16.3. The van der Waals surface area contributed by atoms with Crippen molar-refractivity contribution in [2.75, 3.05) is 13.2 Å². The quantitative estimate of drug-likeness (QED) is 0.417. The van der Waals surface area contributed by atoms with Gasteiger partial charge < -0.3 is 9.47 Å². The van der Waals surface area contributed by atoms with Gasteiger partial charge in [0.15, 0.2) is 18.3 Å². The molecule has 0 aromatic heterocycles. The lowest BCUT2D eigenvalue weighted by atomic mass is 10.1. The van der Waals surface area contributed by atoms with Crippen LogP contribution in [-0.4, -0.2) is 30.1 Å². The second-order valence-corrected chi connectivity index (χ2v) is 6.86. The summed E-state index contributed by atoms with van der Waals surface area (Å²) in [6.07, 6.45) is 0. The van der Waals surface area contributed by atoms with E-state index in [9.17, 15) is 9.59 Å². The van der Waals surface area contributed by atoms with Gasteiger partial charge in [-0.05, 0) is 59.7 Å². The SMILES string of the molecule is Cc1cccc(OCC(=O)NC(=S)NNC(=O)COc2ccc3ccccc3c2)c1. The summed E-state index contributed by atoms with van der Waals surface area (Å²) in [6, 6.07) is 20.8. The molecular weight excluding hydrogens is 402 g/mol. The van der Waals surface area contributed by atoms with Crippen LogP contribution in [0.15, 0.2) is 66.7 Å². The molecule has 0 radical (unpaired) electrons. The maximum Gasteiger partial charge on any atom is 0.276 e. The number of hydrazine groups is 1. The summed E-state index contributed by atoms with van der Waals surface area (Å²) in [4.78, 5) is 23.8. The molecular formula is C22H21N3O4S. The Labute approximate surface area is 179 Å². The second kappa shape index (κ2) is 10.2. The van der Waals surface area contributed by atoms with E-state index in [2.05, 4.69) is 16.2 Å². The van der Waals surface area contributed by atoms with Crippen LogP contribution in [0.3, 0.4) is 0 Å². The molecule has 0 saturated carbocycles. The van der Waals surface area contributed by atoms with E-state index in [-0.39, 0.29) is 18.3 Å². The lowest BCUT2D eigenvalue weighted by Gasteiger charge is -2.12. The molecule has 2 amide bonds. The van der Waals surface area contributed by atoms with Crippen molar-refractivity contribution in [1.82, 2.24) is 16.2 Å². The van der Waals surface area contributed by atoms with Gasteiger partial charge in [0.25, 0.3) is 11.8 Å². The van der Waals surface area contributed by atoms with Crippen LogP contribution in [0.2, 0.25) is 0 Å². The fourth-order valence-electron chi connectivity index (χ4n) is 2.62. The first-order chi connectivity index (χ1) is 14.5. The summed E-state index contributed by atoms with van der Waals surface area (Å²) < 4.78 is 10.9. The number of carbonyl (C=O) groups excluding carboxylic acids is 2. The molecule has 0 heterocycles. The van der Waals surface area contributed by atoms with E-state index in [0.29, 0.717) is 11.5 Å². The molecule has 0 unspecified atom stereocenters. The Morgan fingerprint density at radius 3 is 2.27 bits per heavy atom. The molecule has 3 N–H and O–H groups in total. The average Bonchev–Trinajstić information content (AvgIpc) is 2.75. The molecule has 0 bridgehead atoms. The third kappa shape index (κ3) is 6.46. The summed E-state index contributed by atoms with van der Waals surface area (Å²) in [5, 5.41) is 4.47. The van der Waals surface area contributed by atoms with Gasteiger partial charge in [-0.1, -0.05) is 42.5 Å². The third-order valence-corrected chi connectivity index (χ3v) is 4.22. The predicted octanol–water partition coefficient (Wildman–Crippen LogP) is 2.63. The maximum absolute atomic E-state index is 11.9. The number of hydrogen-bond donors (Lipinski definition) is 3. The molecule has 0 aliphatic heterocycles. The molecule has 0 fully saturated rings. The Morgan fingerprint density at radius 1 is 0.800 bits per heavy atom. The van der Waals surface area contributed by atoms with E-state index in [4.69, 9.17) is 21.7 Å². The Balaban J connectivity index is 1.36. The predicted molar refractivity (Wildman–Crippen MR) is 118 cm³/mol. The number of nitrogens with one attached hydrogen (secondary N) is 3. The molecule has 30 heavy (non-hydrogen) atoms. The van der Waals surface area contributed by atoms with Crippen LogP contribution in [0.1, 0.15) is 5.56 Å². The number of carbonyl (C=O) groups is 2. The number of amides is 2. The molecule has 7 nitrogen and oxygen atoms in total. The van der Waals surface area contributed by atoms with Gasteiger partial charge in [-0.15, -0.1) is 0 Å². The first-order valence-corrected chi connectivity index (χ1v) is 9.60. The highest BCUT2D eigenvalue weighted by Crippen LogP contribution is 2.20. The molecule has 0 aliphatic carbocycles. The van der Waals surface area contributed by atoms with Gasteiger partial charge in [0.2, 0.25) is 0 Å². The molecule has 0 aliphatic rings. The van der Waals surface area contributed by atoms with E-state index in [1.807, 2.05) is 61.5 Å². The molecule has 0 spiro atoms. The van der Waals surface area contributed by atoms with Crippen LogP contribution >= 0.6 is 12.2 Å². The Kier molecular flexibility index (Phi) is 7.18. The van der Waals surface area contributed by atoms with Gasteiger partial charge in [0, 0.05) is 0 Å². The second-order valence-electron chi connectivity index (χ2n) is 6.45. The molecule has 0 atom stereocenters. The summed E-state index contributed by atoms with van der Waals surface area (Å²) >= 11 is 4.98. The number of fused-ring (bicyclic) bond motifs is 1. The van der Waals surface area contributed by atoms with Gasteiger partial charge in [0.1, 0.15) is 11.5 Å². The Hall–Kier alpha value is -3.65. The Bertz CT molecular complexity index is 1070. The van der Waals surface area contributed by atoms with Crippen molar-refractivity contribution < 1.29 is 19.1 Å². The van der Waals surface area contributed by atoms with Crippen LogP contribution < -0.4 is 25.6 Å². The fraction of sp³-hybridized carbons (Fsp3) is 0.136. The Morgan fingerprint density at radius 2 is 1.50 bits per heavy atom. The number of thiocarbonyl (C=S) groups is 1. The lowest BCUT2D eigenvalue weighted by molar-refractivity contribution is -0.124. The van der Waals surface area contributed by atoms with Gasteiger partial charge >= 0.3 is 0 Å². The monoisotopic (exact) mass is 423 g/mol. The van der Waals surface area contributed by atoms with Crippen molar-refractivity contribution in [2.45, 2.75) is 6.92 Å². The van der Waals surface area contributed by atoms with Gasteiger partial charge in [-0.3, -0.25) is 25.8 Å². The van der Waals surface area contributed by atoms with Crippen LogP contribution in [0.5, 0.6) is 11.5 Å². The summed E-state index contributed by atoms with van der Waals surface area (Å²) in [7, 11) is 0. The molecule has 3 aromatic carbocycles. The fourth-order valence-corrected chi connectivity index (χ4v) is 2.78. The molecule has 3 aromatic rings. The van der Waals surface area contributed by atoms with Gasteiger partial charge in [-0.25, -0.2) is 0 Å². The van der Waals surface area contributed by atoms with Crippen molar-refractivity contribution in [3.8, 4) is 11.5 Å². The summed E-state index contributed by atoms with van der Waals surface area (Å²) in [5.74, 6) is 0.266. The molecule has 154 valence electrons. The van der Waals surface area contributed by atoms with E-state index >= 15 is 0 Å². The van der Waals surface area contributed by atoms with E-state index in [0.717, 1.165) is 16.3 Å². The number of rotatable bonds is 6. The zero-order valence-corrected chi connectivity index (χ0v) is 17.1. The minimum atomic E-state index is -0.448.